The van der Waals surface area contributed by atoms with Crippen LogP contribution in [0.2, 0.25) is 0 Å². The van der Waals surface area contributed by atoms with Gasteiger partial charge < -0.3 is 25.2 Å². The van der Waals surface area contributed by atoms with Gasteiger partial charge in [0.05, 0.1) is 11.5 Å². The molecule has 0 aliphatic carbocycles. The van der Waals surface area contributed by atoms with Crippen LogP contribution in [0, 0.1) is 10.1 Å². The van der Waals surface area contributed by atoms with Crippen LogP contribution >= 0.6 is 12.6 Å². The first-order chi connectivity index (χ1) is 13.1. The highest BCUT2D eigenvalue weighted by Gasteiger charge is 2.53. The predicted octanol–water partition coefficient (Wildman–Crippen LogP) is -1.59. The number of carbonyl (C=O) groups is 1. The molecule has 14 heteroatoms. The van der Waals surface area contributed by atoms with E-state index in [1.54, 1.807) is 0 Å². The average Bonchev–Trinajstić information content (AvgIpc) is 2.93. The Balaban J connectivity index is 2.66. The molecule has 1 heterocycles. The average molecular weight is 438 g/mol. The zero-order valence-corrected chi connectivity index (χ0v) is 15.8. The van der Waals surface area contributed by atoms with Crippen molar-refractivity contribution in [1.29, 1.82) is 0 Å². The molecule has 1 aromatic carbocycles. The van der Waals surface area contributed by atoms with Gasteiger partial charge in [-0.05, 0) is 6.07 Å². The molecule has 1 saturated heterocycles. The second-order valence-electron chi connectivity index (χ2n) is 5.83. The van der Waals surface area contributed by atoms with E-state index in [0.717, 1.165) is 12.1 Å². The summed E-state index contributed by atoms with van der Waals surface area (Å²) < 4.78 is 31.8. The van der Waals surface area contributed by atoms with Crippen molar-refractivity contribution in [2.24, 2.45) is 0 Å². The van der Waals surface area contributed by atoms with E-state index in [2.05, 4.69) is 12.6 Å². The second-order valence-corrected chi connectivity index (χ2v) is 8.00. The second kappa shape index (κ2) is 8.69. The lowest BCUT2D eigenvalue weighted by molar-refractivity contribution is -0.387. The fourth-order valence-electron chi connectivity index (χ4n) is 2.78. The van der Waals surface area contributed by atoms with Crippen LogP contribution in [0.25, 0.3) is 0 Å². The van der Waals surface area contributed by atoms with Crippen molar-refractivity contribution in [3.8, 4) is 0 Å². The largest absolute Gasteiger partial charge is 0.480 e. The molecule has 0 amide bonds. The van der Waals surface area contributed by atoms with Gasteiger partial charge in [0.2, 0.25) is 0 Å². The van der Waals surface area contributed by atoms with Gasteiger partial charge in [0.1, 0.15) is 24.4 Å². The smallest absolute Gasteiger partial charge is 0.322 e. The van der Waals surface area contributed by atoms with Gasteiger partial charge in [-0.3, -0.25) is 14.9 Å². The molecule has 0 aromatic heterocycles. The van der Waals surface area contributed by atoms with Crippen molar-refractivity contribution in [2.45, 2.75) is 35.5 Å². The SMILES string of the molecule is O=C(O)[C@H](CS)N([C@@H]1O[C@@H](CO)[C@H](O)[C@H]1O)S(=O)(=O)c1ccccc1[N+](=O)[O-]. The van der Waals surface area contributed by atoms with Crippen LogP contribution in [0.15, 0.2) is 29.2 Å². The van der Waals surface area contributed by atoms with Crippen molar-refractivity contribution in [2.75, 3.05) is 12.4 Å². The van der Waals surface area contributed by atoms with Crippen molar-refractivity contribution in [3.05, 3.63) is 34.4 Å². The molecule has 0 bridgehead atoms. The van der Waals surface area contributed by atoms with E-state index in [4.69, 9.17) is 4.74 Å². The van der Waals surface area contributed by atoms with Crippen LogP contribution in [0.3, 0.4) is 0 Å². The van der Waals surface area contributed by atoms with Crippen LogP contribution in [0.5, 0.6) is 0 Å². The molecule has 4 N–H and O–H groups in total. The molecule has 156 valence electrons. The van der Waals surface area contributed by atoms with Gasteiger partial charge in [-0.2, -0.15) is 16.9 Å². The number of carboxylic acids is 1. The molecule has 1 aliphatic heterocycles. The summed E-state index contributed by atoms with van der Waals surface area (Å²) in [5, 5.41) is 50.0. The molecule has 1 aromatic rings. The number of ether oxygens (including phenoxy) is 1. The zero-order valence-electron chi connectivity index (χ0n) is 14.1. The van der Waals surface area contributed by atoms with E-state index in [1.165, 1.54) is 12.1 Å². The number of thiol groups is 1. The third-order valence-electron chi connectivity index (χ3n) is 4.15. The third kappa shape index (κ3) is 3.98. The van der Waals surface area contributed by atoms with E-state index < -0.39 is 74.4 Å². The summed E-state index contributed by atoms with van der Waals surface area (Å²) in [4.78, 5) is 21.1. The van der Waals surface area contributed by atoms with E-state index in [1.807, 2.05) is 0 Å². The summed E-state index contributed by atoms with van der Waals surface area (Å²) in [5.74, 6) is -2.23. The van der Waals surface area contributed by atoms with Gasteiger partial charge in [0.25, 0.3) is 15.7 Å². The Morgan fingerprint density at radius 3 is 2.39 bits per heavy atom. The van der Waals surface area contributed by atoms with E-state index in [0.29, 0.717) is 0 Å². The molecule has 2 rings (SSSR count). The minimum Gasteiger partial charge on any atom is -0.480 e. The number of rotatable bonds is 8. The minimum absolute atomic E-state index is 0.216. The number of aliphatic hydroxyl groups is 3. The van der Waals surface area contributed by atoms with Crippen LogP contribution in [0.1, 0.15) is 0 Å². The Labute approximate surface area is 164 Å². The standard InChI is InChI=1S/C14H18N2O10S2/c17-5-9-11(18)12(19)13(26-9)15(8(6-27)14(20)21)28(24,25)10-4-2-1-3-7(10)16(22)23/h1-4,8-9,11-13,17-19,27H,5-6H2,(H,20,21)/t8-,9-,11-,12+,13+/m0/s1. The van der Waals surface area contributed by atoms with Gasteiger partial charge >= 0.3 is 5.97 Å². The molecule has 5 atom stereocenters. The van der Waals surface area contributed by atoms with Crippen LogP contribution in [-0.4, -0.2) is 87.0 Å². The maximum atomic E-state index is 13.2. The van der Waals surface area contributed by atoms with Gasteiger partial charge in [-0.25, -0.2) is 8.42 Å². The molecule has 12 nitrogen and oxygen atoms in total. The Morgan fingerprint density at radius 2 is 1.93 bits per heavy atom. The summed E-state index contributed by atoms with van der Waals surface area (Å²) in [6, 6.07) is 2.35. The Morgan fingerprint density at radius 1 is 1.32 bits per heavy atom. The predicted molar refractivity (Wildman–Crippen MR) is 95.2 cm³/mol. The van der Waals surface area contributed by atoms with E-state index in [-0.39, 0.29) is 4.31 Å². The normalized spacial score (nSPS) is 26.3. The topological polar surface area (TPSA) is 188 Å². The molecule has 0 spiro atoms. The highest BCUT2D eigenvalue weighted by molar-refractivity contribution is 7.89. The van der Waals surface area contributed by atoms with Crippen LogP contribution in [-0.2, 0) is 19.6 Å². The molecular formula is C14H18N2O10S2. The fourth-order valence-corrected chi connectivity index (χ4v) is 5.05. The fraction of sp³-hybridized carbons (Fsp3) is 0.500. The number of aliphatic hydroxyl groups excluding tert-OH is 3. The summed E-state index contributed by atoms with van der Waals surface area (Å²) in [7, 11) is -4.92. The molecule has 28 heavy (non-hydrogen) atoms. The van der Waals surface area contributed by atoms with E-state index >= 15 is 0 Å². The Hall–Kier alpha value is -1.81. The first-order valence-electron chi connectivity index (χ1n) is 7.81. The number of benzene rings is 1. The highest BCUT2D eigenvalue weighted by Crippen LogP contribution is 2.34. The summed E-state index contributed by atoms with van der Waals surface area (Å²) in [5.41, 5.74) is -0.817. The summed E-state index contributed by atoms with van der Waals surface area (Å²) >= 11 is 3.83. The maximum absolute atomic E-state index is 13.2. The lowest BCUT2D eigenvalue weighted by atomic mass is 10.1. The summed E-state index contributed by atoms with van der Waals surface area (Å²) in [6.07, 6.45) is -6.95. The lowest BCUT2D eigenvalue weighted by Gasteiger charge is -2.33. The Kier molecular flexibility index (Phi) is 6.97. The molecule has 0 unspecified atom stereocenters. The van der Waals surface area contributed by atoms with E-state index in [9.17, 15) is 43.8 Å². The van der Waals surface area contributed by atoms with Crippen molar-refractivity contribution >= 4 is 34.3 Å². The number of nitrogens with zero attached hydrogens (tertiary/aromatic N) is 2. The number of nitro benzene ring substituents is 1. The van der Waals surface area contributed by atoms with Crippen LogP contribution < -0.4 is 0 Å². The molecule has 1 aliphatic rings. The Bertz CT molecular complexity index is 848. The number of sulfonamides is 1. The minimum atomic E-state index is -4.92. The third-order valence-corrected chi connectivity index (χ3v) is 6.41. The number of nitro groups is 1. The summed E-state index contributed by atoms with van der Waals surface area (Å²) in [6.45, 7) is -0.785. The van der Waals surface area contributed by atoms with Crippen molar-refractivity contribution in [1.82, 2.24) is 4.31 Å². The van der Waals surface area contributed by atoms with Crippen molar-refractivity contribution in [3.63, 3.8) is 0 Å². The number of aliphatic carboxylic acids is 1. The molecule has 0 radical (unpaired) electrons. The van der Waals surface area contributed by atoms with Crippen LogP contribution in [0.4, 0.5) is 5.69 Å². The number of hydrogen-bond acceptors (Lipinski definition) is 10. The van der Waals surface area contributed by atoms with Crippen molar-refractivity contribution < 1.29 is 43.3 Å². The lowest BCUT2D eigenvalue weighted by Crippen LogP contribution is -2.55. The van der Waals surface area contributed by atoms with Gasteiger partial charge in [-0.15, -0.1) is 0 Å². The monoisotopic (exact) mass is 438 g/mol. The number of para-hydroxylation sites is 1. The quantitative estimate of drug-likeness (QED) is 0.180. The number of hydrogen-bond donors (Lipinski definition) is 5. The van der Waals surface area contributed by atoms with Gasteiger partial charge in [0.15, 0.2) is 11.1 Å². The molecule has 0 saturated carbocycles. The van der Waals surface area contributed by atoms with Gasteiger partial charge in [0, 0.05) is 11.8 Å². The highest BCUT2D eigenvalue weighted by atomic mass is 32.2. The first-order valence-corrected chi connectivity index (χ1v) is 9.88. The molecular weight excluding hydrogens is 420 g/mol. The number of carboxylic acid groups (broad SMARTS) is 1. The molecule has 1 fully saturated rings. The first kappa shape index (κ1) is 22.5. The maximum Gasteiger partial charge on any atom is 0.322 e. The zero-order chi connectivity index (χ0) is 21.2. The van der Waals surface area contributed by atoms with Gasteiger partial charge in [-0.1, -0.05) is 12.1 Å².